The summed E-state index contributed by atoms with van der Waals surface area (Å²) in [6.45, 7) is 1.56. The summed E-state index contributed by atoms with van der Waals surface area (Å²) < 4.78 is 26.1. The van der Waals surface area contributed by atoms with Gasteiger partial charge >= 0.3 is 0 Å². The first-order chi connectivity index (χ1) is 12.7. The number of sulfonamides is 1. The molecule has 0 saturated heterocycles. The van der Waals surface area contributed by atoms with E-state index in [1.165, 1.54) is 0 Å². The zero-order valence-electron chi connectivity index (χ0n) is 14.9. The van der Waals surface area contributed by atoms with Gasteiger partial charge in [-0.2, -0.15) is 0 Å². The van der Waals surface area contributed by atoms with Gasteiger partial charge in [-0.15, -0.1) is 0 Å². The van der Waals surface area contributed by atoms with E-state index in [0.717, 1.165) is 4.47 Å². The summed E-state index contributed by atoms with van der Waals surface area (Å²) >= 11 is 3.35. The van der Waals surface area contributed by atoms with Crippen molar-refractivity contribution in [1.82, 2.24) is 4.57 Å². The van der Waals surface area contributed by atoms with Crippen molar-refractivity contribution in [3.8, 4) is 0 Å². The van der Waals surface area contributed by atoms with Crippen LogP contribution in [0.5, 0.6) is 0 Å². The fraction of sp³-hybridized carbons (Fsp3) is 0.150. The first-order valence-corrected chi connectivity index (χ1v) is 10.5. The second kappa shape index (κ2) is 7.07. The Bertz CT molecular complexity index is 1090. The molecule has 0 fully saturated rings. The smallest absolute Gasteiger partial charge is 0.224 e. The van der Waals surface area contributed by atoms with Gasteiger partial charge in [0.1, 0.15) is 4.75 Å². The molecule has 0 saturated carbocycles. The topological polar surface area (TPSA) is 82.2 Å². The van der Waals surface area contributed by atoms with Crippen LogP contribution >= 0.6 is 15.9 Å². The van der Waals surface area contributed by atoms with Gasteiger partial charge in [-0.05, 0) is 48.9 Å². The number of nitrogens with zero attached hydrogens (tertiary/aromatic N) is 1. The van der Waals surface area contributed by atoms with Crippen LogP contribution in [-0.4, -0.2) is 18.8 Å². The molecule has 0 amide bonds. The van der Waals surface area contributed by atoms with E-state index in [2.05, 4.69) is 15.9 Å². The third-order valence-electron chi connectivity index (χ3n) is 4.84. The molecule has 0 aliphatic carbocycles. The summed E-state index contributed by atoms with van der Waals surface area (Å²) in [7, 11) is -2.34. The van der Waals surface area contributed by atoms with Crippen LogP contribution in [0.15, 0.2) is 71.2 Å². The van der Waals surface area contributed by atoms with E-state index in [-0.39, 0.29) is 5.78 Å². The number of benzene rings is 2. The molecule has 0 bridgehead atoms. The van der Waals surface area contributed by atoms with Gasteiger partial charge in [-0.1, -0.05) is 46.3 Å². The van der Waals surface area contributed by atoms with Crippen LogP contribution in [0.2, 0.25) is 0 Å². The number of carbonyl (C=O) groups is 1. The van der Waals surface area contributed by atoms with E-state index < -0.39 is 14.8 Å². The number of primary sulfonamides is 1. The fourth-order valence-electron chi connectivity index (χ4n) is 3.18. The van der Waals surface area contributed by atoms with Gasteiger partial charge in [-0.3, -0.25) is 4.79 Å². The van der Waals surface area contributed by atoms with Crippen molar-refractivity contribution in [3.63, 3.8) is 0 Å². The Morgan fingerprint density at radius 3 is 2.15 bits per heavy atom. The second-order valence-corrected chi connectivity index (χ2v) is 9.27. The van der Waals surface area contributed by atoms with Crippen LogP contribution in [-0.2, 0) is 21.8 Å². The Hall–Kier alpha value is -2.22. The van der Waals surface area contributed by atoms with Crippen LogP contribution in [0.1, 0.15) is 34.2 Å². The van der Waals surface area contributed by atoms with Crippen molar-refractivity contribution in [2.45, 2.75) is 11.7 Å². The molecule has 0 aliphatic rings. The van der Waals surface area contributed by atoms with E-state index in [9.17, 15) is 13.2 Å². The lowest BCUT2D eigenvalue weighted by atomic mass is 9.96. The molecule has 5 nitrogen and oxygen atoms in total. The molecule has 0 spiro atoms. The predicted molar refractivity (Wildman–Crippen MR) is 109 cm³/mol. The summed E-state index contributed by atoms with van der Waals surface area (Å²) in [5.74, 6) is -0.193. The zero-order valence-corrected chi connectivity index (χ0v) is 17.3. The molecule has 3 rings (SSSR count). The molecule has 1 heterocycles. The molecule has 7 heteroatoms. The zero-order chi connectivity index (χ0) is 19.8. The lowest BCUT2D eigenvalue weighted by Gasteiger charge is -2.29. The summed E-state index contributed by atoms with van der Waals surface area (Å²) in [5.41, 5.74) is 1.87. The Morgan fingerprint density at radius 2 is 1.59 bits per heavy atom. The molecule has 1 unspecified atom stereocenters. The van der Waals surface area contributed by atoms with E-state index in [4.69, 9.17) is 5.14 Å². The quantitative estimate of drug-likeness (QED) is 0.608. The maximum Gasteiger partial charge on any atom is 0.224 e. The van der Waals surface area contributed by atoms with Crippen LogP contribution < -0.4 is 5.14 Å². The Labute approximate surface area is 167 Å². The summed E-state index contributed by atoms with van der Waals surface area (Å²) in [6, 6.07) is 19.0. The number of aromatic nitrogens is 1. The van der Waals surface area contributed by atoms with E-state index >= 15 is 0 Å². The highest BCUT2D eigenvalue weighted by molar-refractivity contribution is 9.10. The molecular weight excluding hydrogens is 428 g/mol. The van der Waals surface area contributed by atoms with Gasteiger partial charge in [0.05, 0.1) is 5.69 Å². The SMILES string of the molecule is Cn1c(C(=O)c2ccc(Br)cc2)ccc1C(C)(c1ccccc1)S(N)(=O)=O. The van der Waals surface area contributed by atoms with Crippen molar-refractivity contribution >= 4 is 31.7 Å². The van der Waals surface area contributed by atoms with Gasteiger partial charge < -0.3 is 4.57 Å². The van der Waals surface area contributed by atoms with E-state index in [0.29, 0.717) is 22.5 Å². The highest BCUT2D eigenvalue weighted by Crippen LogP contribution is 2.36. The van der Waals surface area contributed by atoms with Crippen molar-refractivity contribution < 1.29 is 13.2 Å². The first kappa shape index (κ1) is 19.5. The van der Waals surface area contributed by atoms with Gasteiger partial charge in [0.2, 0.25) is 15.8 Å². The highest BCUT2D eigenvalue weighted by atomic mass is 79.9. The summed E-state index contributed by atoms with van der Waals surface area (Å²) in [6.07, 6.45) is 0. The maximum absolute atomic E-state index is 12.9. The minimum atomic E-state index is -4.01. The number of ketones is 1. The summed E-state index contributed by atoms with van der Waals surface area (Å²) in [5, 5.41) is 5.63. The number of rotatable bonds is 5. The van der Waals surface area contributed by atoms with Gasteiger partial charge in [0, 0.05) is 22.8 Å². The molecule has 1 atom stereocenters. The lowest BCUT2D eigenvalue weighted by molar-refractivity contribution is 0.103. The standard InChI is InChI=1S/C20H19BrN2O3S/c1-20(27(22,25)26,15-6-4-3-5-7-15)18-13-12-17(23(18)2)19(24)14-8-10-16(21)11-9-14/h3-13H,1-2H3,(H2,22,25,26). The van der Waals surface area contributed by atoms with Crippen molar-refractivity contribution in [1.29, 1.82) is 0 Å². The van der Waals surface area contributed by atoms with Crippen LogP contribution in [0, 0.1) is 0 Å². The third kappa shape index (κ3) is 3.38. The van der Waals surface area contributed by atoms with E-state index in [1.54, 1.807) is 85.3 Å². The molecule has 0 radical (unpaired) electrons. The molecule has 1 aromatic heterocycles. The highest BCUT2D eigenvalue weighted by Gasteiger charge is 2.43. The molecule has 3 aromatic rings. The Morgan fingerprint density at radius 1 is 1.00 bits per heavy atom. The second-order valence-electron chi connectivity index (χ2n) is 6.44. The Kier molecular flexibility index (Phi) is 5.12. The van der Waals surface area contributed by atoms with Crippen molar-refractivity contribution in [3.05, 3.63) is 93.7 Å². The van der Waals surface area contributed by atoms with Gasteiger partial charge in [0.15, 0.2) is 0 Å². The van der Waals surface area contributed by atoms with Crippen LogP contribution in [0.25, 0.3) is 0 Å². The number of halogens is 1. The van der Waals surface area contributed by atoms with Gasteiger partial charge in [-0.25, -0.2) is 13.6 Å². The number of carbonyl (C=O) groups excluding carboxylic acids is 1. The molecule has 2 aromatic carbocycles. The normalized spacial score (nSPS) is 13.9. The third-order valence-corrected chi connectivity index (χ3v) is 6.95. The van der Waals surface area contributed by atoms with Gasteiger partial charge in [0.25, 0.3) is 0 Å². The van der Waals surface area contributed by atoms with Crippen LogP contribution in [0.3, 0.4) is 0 Å². The monoisotopic (exact) mass is 446 g/mol. The van der Waals surface area contributed by atoms with E-state index in [1.807, 2.05) is 0 Å². The number of nitrogens with two attached hydrogens (primary N) is 1. The predicted octanol–water partition coefficient (Wildman–Crippen LogP) is 3.57. The first-order valence-electron chi connectivity index (χ1n) is 8.20. The van der Waals surface area contributed by atoms with Crippen molar-refractivity contribution in [2.24, 2.45) is 12.2 Å². The lowest BCUT2D eigenvalue weighted by Crippen LogP contribution is -2.40. The maximum atomic E-state index is 12.9. The molecule has 27 heavy (non-hydrogen) atoms. The Balaban J connectivity index is 2.15. The largest absolute Gasteiger partial charge is 0.343 e. The average molecular weight is 447 g/mol. The van der Waals surface area contributed by atoms with Crippen molar-refractivity contribution in [2.75, 3.05) is 0 Å². The summed E-state index contributed by atoms with van der Waals surface area (Å²) in [4.78, 5) is 12.9. The molecule has 2 N–H and O–H groups in total. The molecule has 0 aliphatic heterocycles. The number of hydrogen-bond donors (Lipinski definition) is 1. The minimum absolute atomic E-state index is 0.193. The average Bonchev–Trinajstić information content (AvgIpc) is 3.02. The molecule has 140 valence electrons. The minimum Gasteiger partial charge on any atom is -0.343 e. The van der Waals surface area contributed by atoms with Crippen LogP contribution in [0.4, 0.5) is 0 Å². The number of hydrogen-bond acceptors (Lipinski definition) is 3. The fourth-order valence-corrected chi connectivity index (χ4v) is 4.41. The molecular formula is C20H19BrN2O3S.